The van der Waals surface area contributed by atoms with E-state index in [1.165, 1.54) is 12.1 Å². The second-order valence-electron chi connectivity index (χ2n) is 4.74. The molecule has 1 rings (SSSR count). The Kier molecular flexibility index (Phi) is 7.47. The molecule has 0 radical (unpaired) electrons. The quantitative estimate of drug-likeness (QED) is 0.685. The third kappa shape index (κ3) is 4.72. The summed E-state index contributed by atoms with van der Waals surface area (Å²) in [5.74, 6) is -1.09. The first-order chi connectivity index (χ1) is 9.63. The van der Waals surface area contributed by atoms with E-state index in [4.69, 9.17) is 5.11 Å². The third-order valence-electron chi connectivity index (χ3n) is 3.12. The molecule has 1 aromatic carbocycles. The Hall–Kier alpha value is -1.20. The van der Waals surface area contributed by atoms with Crippen molar-refractivity contribution < 1.29 is 13.9 Å². The van der Waals surface area contributed by atoms with Gasteiger partial charge in [0.1, 0.15) is 17.3 Å². The second kappa shape index (κ2) is 8.87. The van der Waals surface area contributed by atoms with E-state index in [-0.39, 0.29) is 12.3 Å². The van der Waals surface area contributed by atoms with Crippen LogP contribution in [0.3, 0.4) is 0 Å². The van der Waals surface area contributed by atoms with E-state index in [0.29, 0.717) is 31.6 Å². The van der Waals surface area contributed by atoms with Crippen LogP contribution in [0.4, 0.5) is 14.5 Å². The molecular weight excluding hydrogens is 262 g/mol. The Morgan fingerprint density at radius 2 is 1.85 bits per heavy atom. The van der Waals surface area contributed by atoms with Crippen LogP contribution in [0.5, 0.6) is 0 Å². The highest BCUT2D eigenvalue weighted by molar-refractivity contribution is 5.50. The van der Waals surface area contributed by atoms with Crippen LogP contribution in [-0.2, 0) is 6.54 Å². The number of nitrogens with one attached hydrogen (secondary N) is 1. The lowest BCUT2D eigenvalue weighted by Crippen LogP contribution is -2.27. The summed E-state index contributed by atoms with van der Waals surface area (Å²) in [6.07, 6.45) is 1.47. The van der Waals surface area contributed by atoms with Crippen molar-refractivity contribution in [2.24, 2.45) is 0 Å². The Labute approximate surface area is 119 Å². The summed E-state index contributed by atoms with van der Waals surface area (Å²) in [5.41, 5.74) is 0.607. The number of aliphatic hydroxyl groups is 1. The zero-order valence-corrected chi connectivity index (χ0v) is 12.3. The zero-order valence-electron chi connectivity index (χ0n) is 12.3. The van der Waals surface area contributed by atoms with E-state index in [1.807, 2.05) is 13.8 Å². The molecule has 0 unspecified atom stereocenters. The first kappa shape index (κ1) is 16.9. The van der Waals surface area contributed by atoms with E-state index < -0.39 is 11.6 Å². The number of benzene rings is 1. The van der Waals surface area contributed by atoms with Gasteiger partial charge in [-0.2, -0.15) is 0 Å². The number of hydrogen-bond acceptors (Lipinski definition) is 3. The summed E-state index contributed by atoms with van der Waals surface area (Å²) in [6, 6.07) is 2.76. The molecule has 0 saturated heterocycles. The van der Waals surface area contributed by atoms with Crippen molar-refractivity contribution in [3.63, 3.8) is 0 Å². The maximum atomic E-state index is 14.1. The monoisotopic (exact) mass is 286 g/mol. The fraction of sp³-hybridized carbons (Fsp3) is 0.600. The number of anilines is 1. The fourth-order valence-electron chi connectivity index (χ4n) is 2.12. The minimum atomic E-state index is -0.543. The normalized spacial score (nSPS) is 10.8. The second-order valence-corrected chi connectivity index (χ2v) is 4.74. The minimum Gasteiger partial charge on any atom is -0.396 e. The molecule has 0 aliphatic carbocycles. The minimum absolute atomic E-state index is 0.000177. The molecule has 0 aromatic heterocycles. The van der Waals surface area contributed by atoms with Crippen molar-refractivity contribution in [3.8, 4) is 0 Å². The highest BCUT2D eigenvalue weighted by atomic mass is 19.1. The first-order valence-corrected chi connectivity index (χ1v) is 7.18. The first-order valence-electron chi connectivity index (χ1n) is 7.18. The Bertz CT molecular complexity index is 390. The van der Waals surface area contributed by atoms with Gasteiger partial charge in [0.05, 0.1) is 0 Å². The standard InChI is InChI=1S/C15H24F2N2O/c1-3-6-18-11-12-9-13(16)15(14(17)10-12)19(4-2)7-5-8-20/h9-10,18,20H,3-8,11H2,1-2H3. The number of hydrogen-bond donors (Lipinski definition) is 2. The van der Waals surface area contributed by atoms with Crippen molar-refractivity contribution >= 4 is 5.69 Å². The van der Waals surface area contributed by atoms with Crippen molar-refractivity contribution in [2.45, 2.75) is 33.2 Å². The van der Waals surface area contributed by atoms with Gasteiger partial charge in [0, 0.05) is 26.2 Å². The van der Waals surface area contributed by atoms with Crippen LogP contribution in [-0.4, -0.2) is 31.3 Å². The molecule has 0 spiro atoms. The van der Waals surface area contributed by atoms with Crippen LogP contribution >= 0.6 is 0 Å². The molecule has 0 bridgehead atoms. The average molecular weight is 286 g/mol. The van der Waals surface area contributed by atoms with Gasteiger partial charge in [-0.15, -0.1) is 0 Å². The van der Waals surface area contributed by atoms with E-state index in [2.05, 4.69) is 5.32 Å². The summed E-state index contributed by atoms with van der Waals surface area (Å²) in [5, 5.41) is 12.0. The summed E-state index contributed by atoms with van der Waals surface area (Å²) < 4.78 is 28.2. The van der Waals surface area contributed by atoms with Gasteiger partial charge in [-0.25, -0.2) is 8.78 Å². The van der Waals surface area contributed by atoms with Crippen LogP contribution < -0.4 is 10.2 Å². The van der Waals surface area contributed by atoms with Crippen molar-refractivity contribution in [1.29, 1.82) is 0 Å². The molecule has 3 nitrogen and oxygen atoms in total. The van der Waals surface area contributed by atoms with E-state index in [9.17, 15) is 8.78 Å². The van der Waals surface area contributed by atoms with Crippen LogP contribution in [0, 0.1) is 11.6 Å². The highest BCUT2D eigenvalue weighted by Crippen LogP contribution is 2.25. The van der Waals surface area contributed by atoms with Crippen LogP contribution in [0.1, 0.15) is 32.3 Å². The van der Waals surface area contributed by atoms with Gasteiger partial charge in [0.2, 0.25) is 0 Å². The lowest BCUT2D eigenvalue weighted by Gasteiger charge is -2.24. The Balaban J connectivity index is 2.86. The molecule has 0 atom stereocenters. The van der Waals surface area contributed by atoms with Gasteiger partial charge in [-0.3, -0.25) is 0 Å². The van der Waals surface area contributed by atoms with Gasteiger partial charge < -0.3 is 15.3 Å². The molecule has 2 N–H and O–H groups in total. The molecule has 114 valence electrons. The Morgan fingerprint density at radius 1 is 1.20 bits per heavy atom. The lowest BCUT2D eigenvalue weighted by molar-refractivity contribution is 0.289. The van der Waals surface area contributed by atoms with E-state index in [0.717, 1.165) is 13.0 Å². The summed E-state index contributed by atoms with van der Waals surface area (Å²) in [6.45, 7) is 6.12. The SMILES string of the molecule is CCCNCc1cc(F)c(N(CC)CCCO)c(F)c1. The van der Waals surface area contributed by atoms with Crippen LogP contribution in [0.25, 0.3) is 0 Å². The molecule has 0 aliphatic rings. The molecule has 1 aromatic rings. The number of halogens is 2. The molecule has 0 heterocycles. The zero-order chi connectivity index (χ0) is 15.0. The van der Waals surface area contributed by atoms with Crippen LogP contribution in [0.15, 0.2) is 12.1 Å². The molecule has 0 amide bonds. The van der Waals surface area contributed by atoms with Crippen molar-refractivity contribution in [2.75, 3.05) is 31.1 Å². The van der Waals surface area contributed by atoms with Gasteiger partial charge in [0.25, 0.3) is 0 Å². The highest BCUT2D eigenvalue weighted by Gasteiger charge is 2.16. The van der Waals surface area contributed by atoms with Gasteiger partial charge in [0.15, 0.2) is 0 Å². The summed E-state index contributed by atoms with van der Waals surface area (Å²) in [7, 11) is 0. The van der Waals surface area contributed by atoms with Gasteiger partial charge in [-0.05, 0) is 44.0 Å². The number of nitrogens with zero attached hydrogens (tertiary/aromatic N) is 1. The maximum absolute atomic E-state index is 14.1. The van der Waals surface area contributed by atoms with Gasteiger partial charge >= 0.3 is 0 Å². The van der Waals surface area contributed by atoms with Gasteiger partial charge in [-0.1, -0.05) is 6.92 Å². The smallest absolute Gasteiger partial charge is 0.149 e. The van der Waals surface area contributed by atoms with E-state index >= 15 is 0 Å². The predicted octanol–water partition coefficient (Wildman–Crippen LogP) is 2.67. The van der Waals surface area contributed by atoms with Crippen molar-refractivity contribution in [1.82, 2.24) is 5.32 Å². The fourth-order valence-corrected chi connectivity index (χ4v) is 2.12. The molecule has 5 heteroatoms. The maximum Gasteiger partial charge on any atom is 0.149 e. The average Bonchev–Trinajstić information content (AvgIpc) is 2.42. The molecule has 20 heavy (non-hydrogen) atoms. The summed E-state index contributed by atoms with van der Waals surface area (Å²) >= 11 is 0. The predicted molar refractivity (Wildman–Crippen MR) is 77.9 cm³/mol. The van der Waals surface area contributed by atoms with Crippen molar-refractivity contribution in [3.05, 3.63) is 29.3 Å². The third-order valence-corrected chi connectivity index (χ3v) is 3.12. The molecular formula is C15H24F2N2O. The molecule has 0 saturated carbocycles. The van der Waals surface area contributed by atoms with Crippen LogP contribution in [0.2, 0.25) is 0 Å². The largest absolute Gasteiger partial charge is 0.396 e. The molecule has 0 fully saturated rings. The van der Waals surface area contributed by atoms with E-state index in [1.54, 1.807) is 4.90 Å². The Morgan fingerprint density at radius 3 is 2.35 bits per heavy atom. The lowest BCUT2D eigenvalue weighted by atomic mass is 10.1. The topological polar surface area (TPSA) is 35.5 Å². The summed E-state index contributed by atoms with van der Waals surface area (Å²) in [4.78, 5) is 1.62. The molecule has 0 aliphatic heterocycles. The number of rotatable bonds is 9. The number of aliphatic hydroxyl groups excluding tert-OH is 1.